The van der Waals surface area contributed by atoms with Gasteiger partial charge in [-0.3, -0.25) is 0 Å². The second-order valence-electron chi connectivity index (χ2n) is 15.4. The smallest absolute Gasteiger partial charge is 0.140 e. The Morgan fingerprint density at radius 2 is 0.879 bits per heavy atom. The Morgan fingerprint density at radius 3 is 1.66 bits per heavy atom. The first-order valence-corrected chi connectivity index (χ1v) is 20.0. The van der Waals surface area contributed by atoms with Crippen molar-refractivity contribution in [3.63, 3.8) is 0 Å². The average Bonchev–Trinajstić information content (AvgIpc) is 3.93. The Kier molecular flexibility index (Phi) is 7.18. The van der Waals surface area contributed by atoms with Crippen molar-refractivity contribution in [1.82, 2.24) is 4.98 Å². The van der Waals surface area contributed by atoms with Crippen LogP contribution < -0.4 is 0 Å². The Hall–Kier alpha value is -7.55. The molecule has 12 rings (SSSR count). The van der Waals surface area contributed by atoms with Crippen LogP contribution in [0.1, 0.15) is 22.3 Å². The molecule has 2 aliphatic carbocycles. The zero-order chi connectivity index (χ0) is 38.2. The van der Waals surface area contributed by atoms with E-state index in [2.05, 4.69) is 212 Å². The molecule has 0 saturated carbocycles. The van der Waals surface area contributed by atoms with E-state index in [-0.39, 0.29) is 0 Å². The van der Waals surface area contributed by atoms with Crippen LogP contribution in [0.25, 0.3) is 89.3 Å². The van der Waals surface area contributed by atoms with E-state index in [0.29, 0.717) is 0 Å². The first-order chi connectivity index (χ1) is 28.8. The van der Waals surface area contributed by atoms with Crippen molar-refractivity contribution in [2.45, 2.75) is 5.41 Å². The standard InChI is InChI=1S/C56H35NO/c1-3-15-36(16-4-1)40-19-13-20-41(33-40)51-35-42(37-17-5-2-6-18-37)34-50(57-51)39-31-29-38(30-32-39)43-24-14-27-49-53(43)44-21-7-10-25-47(44)56(49)48-26-11-8-22-45(48)55-54(56)46-23-9-12-28-52(46)58-55/h1-35H. The molecule has 0 N–H and O–H groups in total. The third kappa shape index (κ3) is 4.76. The molecular weight excluding hydrogens is 703 g/mol. The van der Waals surface area contributed by atoms with Crippen molar-refractivity contribution in [2.24, 2.45) is 0 Å². The molecule has 2 nitrogen and oxygen atoms in total. The zero-order valence-electron chi connectivity index (χ0n) is 31.6. The SMILES string of the molecule is c1ccc(-c2cccc(-c3cc(-c4ccccc4)cc(-c4ccc(-c5cccc6c5-c5ccccc5C65c6ccccc6-c6oc7ccccc7c65)cc4)n3)c2)cc1. The average molecular weight is 738 g/mol. The van der Waals surface area contributed by atoms with Gasteiger partial charge >= 0.3 is 0 Å². The van der Waals surface area contributed by atoms with E-state index in [9.17, 15) is 0 Å². The molecule has 10 aromatic rings. The highest BCUT2D eigenvalue weighted by Crippen LogP contribution is 2.65. The van der Waals surface area contributed by atoms with Crippen LogP contribution in [0.3, 0.4) is 0 Å². The molecule has 58 heavy (non-hydrogen) atoms. The molecule has 0 aliphatic heterocycles. The van der Waals surface area contributed by atoms with Crippen molar-refractivity contribution in [3.05, 3.63) is 235 Å². The highest BCUT2D eigenvalue weighted by Gasteiger charge is 2.54. The number of hydrogen-bond donors (Lipinski definition) is 0. The van der Waals surface area contributed by atoms with Crippen LogP contribution >= 0.6 is 0 Å². The van der Waals surface area contributed by atoms with Gasteiger partial charge in [0.15, 0.2) is 0 Å². The van der Waals surface area contributed by atoms with Gasteiger partial charge in [0.2, 0.25) is 0 Å². The van der Waals surface area contributed by atoms with E-state index < -0.39 is 5.41 Å². The number of furan rings is 1. The summed E-state index contributed by atoms with van der Waals surface area (Å²) in [6.07, 6.45) is 0. The van der Waals surface area contributed by atoms with Crippen molar-refractivity contribution in [3.8, 4) is 78.3 Å². The summed E-state index contributed by atoms with van der Waals surface area (Å²) < 4.78 is 6.72. The molecule has 1 atom stereocenters. The quantitative estimate of drug-likeness (QED) is 0.176. The summed E-state index contributed by atoms with van der Waals surface area (Å²) in [6, 6.07) is 76.5. The molecule has 0 bridgehead atoms. The summed E-state index contributed by atoms with van der Waals surface area (Å²) in [5.41, 5.74) is 20.4. The highest BCUT2D eigenvalue weighted by molar-refractivity contribution is 6.04. The van der Waals surface area contributed by atoms with Crippen LogP contribution in [0.5, 0.6) is 0 Å². The maximum Gasteiger partial charge on any atom is 0.140 e. The second-order valence-corrected chi connectivity index (χ2v) is 15.4. The third-order valence-corrected chi connectivity index (χ3v) is 12.3. The molecule has 0 fully saturated rings. The number of fused-ring (bicyclic) bond motifs is 12. The van der Waals surface area contributed by atoms with Crippen molar-refractivity contribution in [2.75, 3.05) is 0 Å². The molecule has 0 radical (unpaired) electrons. The van der Waals surface area contributed by atoms with Crippen molar-refractivity contribution < 1.29 is 4.42 Å². The minimum absolute atomic E-state index is 0.490. The van der Waals surface area contributed by atoms with Gasteiger partial charge in [0, 0.05) is 27.6 Å². The molecule has 2 heteroatoms. The van der Waals surface area contributed by atoms with Gasteiger partial charge in [-0.2, -0.15) is 0 Å². The Balaban J connectivity index is 1.01. The lowest BCUT2D eigenvalue weighted by Crippen LogP contribution is -2.25. The lowest BCUT2D eigenvalue weighted by atomic mass is 9.70. The molecular formula is C56H35NO. The van der Waals surface area contributed by atoms with Gasteiger partial charge in [0.1, 0.15) is 11.3 Å². The second kappa shape index (κ2) is 12.7. The fourth-order valence-corrected chi connectivity index (χ4v) is 9.81. The number of hydrogen-bond acceptors (Lipinski definition) is 2. The van der Waals surface area contributed by atoms with Gasteiger partial charge in [-0.15, -0.1) is 0 Å². The predicted molar refractivity (Wildman–Crippen MR) is 237 cm³/mol. The Bertz CT molecular complexity index is 3210. The molecule has 0 saturated heterocycles. The Morgan fingerprint density at radius 1 is 0.345 bits per heavy atom. The minimum Gasteiger partial charge on any atom is -0.456 e. The van der Waals surface area contributed by atoms with E-state index in [1.165, 1.54) is 66.6 Å². The van der Waals surface area contributed by atoms with Gasteiger partial charge in [0.05, 0.1) is 16.8 Å². The van der Waals surface area contributed by atoms with E-state index in [1.807, 2.05) is 0 Å². The van der Waals surface area contributed by atoms with Gasteiger partial charge in [-0.25, -0.2) is 4.98 Å². The fraction of sp³-hybridized carbons (Fsp3) is 0.0179. The monoisotopic (exact) mass is 737 g/mol. The van der Waals surface area contributed by atoms with Crippen LogP contribution in [0, 0.1) is 0 Å². The van der Waals surface area contributed by atoms with E-state index >= 15 is 0 Å². The van der Waals surface area contributed by atoms with E-state index in [0.717, 1.165) is 45.0 Å². The summed E-state index contributed by atoms with van der Waals surface area (Å²) >= 11 is 0. The number of benzene rings is 8. The van der Waals surface area contributed by atoms with Gasteiger partial charge in [-0.1, -0.05) is 188 Å². The highest BCUT2D eigenvalue weighted by atomic mass is 16.3. The van der Waals surface area contributed by atoms with Crippen molar-refractivity contribution >= 4 is 11.0 Å². The van der Waals surface area contributed by atoms with E-state index in [1.54, 1.807) is 0 Å². The van der Waals surface area contributed by atoms with E-state index in [4.69, 9.17) is 9.40 Å². The number of aromatic nitrogens is 1. The maximum atomic E-state index is 6.72. The summed E-state index contributed by atoms with van der Waals surface area (Å²) in [5.74, 6) is 0.977. The molecule has 2 aromatic heterocycles. The number of nitrogens with zero attached hydrogens (tertiary/aromatic N) is 1. The van der Waals surface area contributed by atoms with Gasteiger partial charge < -0.3 is 4.42 Å². The van der Waals surface area contributed by atoms with Crippen LogP contribution in [0.15, 0.2) is 217 Å². The molecule has 0 amide bonds. The molecule has 270 valence electrons. The predicted octanol–water partition coefficient (Wildman–Crippen LogP) is 14.5. The summed E-state index contributed by atoms with van der Waals surface area (Å²) in [4.78, 5) is 5.33. The largest absolute Gasteiger partial charge is 0.456 e. The number of pyridine rings is 1. The summed E-state index contributed by atoms with van der Waals surface area (Å²) in [5, 5.41) is 1.17. The number of rotatable bonds is 5. The minimum atomic E-state index is -0.490. The first kappa shape index (κ1) is 32.7. The molecule has 2 aliphatic rings. The van der Waals surface area contributed by atoms with Crippen LogP contribution in [-0.2, 0) is 5.41 Å². The summed E-state index contributed by atoms with van der Waals surface area (Å²) in [6.45, 7) is 0. The van der Waals surface area contributed by atoms with Crippen LogP contribution in [0.2, 0.25) is 0 Å². The number of para-hydroxylation sites is 1. The molecule has 8 aromatic carbocycles. The Labute approximate surface area is 337 Å². The molecule has 1 spiro atoms. The van der Waals surface area contributed by atoms with Crippen molar-refractivity contribution in [1.29, 1.82) is 0 Å². The topological polar surface area (TPSA) is 26.0 Å². The summed E-state index contributed by atoms with van der Waals surface area (Å²) in [7, 11) is 0. The normalized spacial score (nSPS) is 14.6. The lowest BCUT2D eigenvalue weighted by molar-refractivity contribution is 0.628. The zero-order valence-corrected chi connectivity index (χ0v) is 31.6. The van der Waals surface area contributed by atoms with Crippen LogP contribution in [0.4, 0.5) is 0 Å². The first-order valence-electron chi connectivity index (χ1n) is 20.0. The third-order valence-electron chi connectivity index (χ3n) is 12.3. The van der Waals surface area contributed by atoms with Gasteiger partial charge in [-0.05, 0) is 85.5 Å². The molecule has 1 unspecified atom stereocenters. The van der Waals surface area contributed by atoms with Gasteiger partial charge in [0.25, 0.3) is 0 Å². The molecule has 2 heterocycles. The maximum absolute atomic E-state index is 6.72. The fourth-order valence-electron chi connectivity index (χ4n) is 9.81. The lowest BCUT2D eigenvalue weighted by Gasteiger charge is -2.30. The van der Waals surface area contributed by atoms with Crippen LogP contribution in [-0.4, -0.2) is 4.98 Å².